The number of nitrogens with one attached hydrogen (secondary N) is 1. The molecule has 0 bridgehead atoms. The van der Waals surface area contributed by atoms with Crippen LogP contribution in [0.5, 0.6) is 0 Å². The van der Waals surface area contributed by atoms with Crippen LogP contribution in [0.1, 0.15) is 12.7 Å². The van der Waals surface area contributed by atoms with Gasteiger partial charge in [-0.2, -0.15) is 4.39 Å². The predicted octanol–water partition coefficient (Wildman–Crippen LogP) is 2.25. The first-order chi connectivity index (χ1) is 7.74. The van der Waals surface area contributed by atoms with E-state index in [2.05, 4.69) is 15.3 Å². The van der Waals surface area contributed by atoms with Crippen molar-refractivity contribution in [2.45, 2.75) is 19.4 Å². The van der Waals surface area contributed by atoms with E-state index in [4.69, 9.17) is 4.42 Å². The lowest BCUT2D eigenvalue weighted by atomic mass is 10.2. The van der Waals surface area contributed by atoms with E-state index in [0.29, 0.717) is 5.82 Å². The lowest BCUT2D eigenvalue weighted by Crippen LogP contribution is -2.18. The highest BCUT2D eigenvalue weighted by atomic mass is 19.1. The topological polar surface area (TPSA) is 51.0 Å². The Morgan fingerprint density at radius 1 is 1.50 bits per heavy atom. The SMILES string of the molecule is CC(Cc1ccco1)Nc1cc(F)ncn1. The third kappa shape index (κ3) is 2.79. The Labute approximate surface area is 92.5 Å². The highest BCUT2D eigenvalue weighted by Crippen LogP contribution is 2.09. The summed E-state index contributed by atoms with van der Waals surface area (Å²) in [5, 5.41) is 3.07. The largest absolute Gasteiger partial charge is 0.469 e. The summed E-state index contributed by atoms with van der Waals surface area (Å²) in [6.07, 6.45) is 3.54. The Morgan fingerprint density at radius 2 is 2.38 bits per heavy atom. The van der Waals surface area contributed by atoms with E-state index >= 15 is 0 Å². The lowest BCUT2D eigenvalue weighted by molar-refractivity contribution is 0.497. The highest BCUT2D eigenvalue weighted by Gasteiger charge is 2.06. The summed E-state index contributed by atoms with van der Waals surface area (Å²) < 4.78 is 18.0. The monoisotopic (exact) mass is 221 g/mol. The normalized spacial score (nSPS) is 12.4. The Kier molecular flexibility index (Phi) is 3.14. The zero-order valence-electron chi connectivity index (χ0n) is 8.85. The maximum absolute atomic E-state index is 12.8. The van der Waals surface area contributed by atoms with Crippen molar-refractivity contribution in [3.05, 3.63) is 42.5 Å². The van der Waals surface area contributed by atoms with Gasteiger partial charge < -0.3 is 9.73 Å². The molecule has 0 aliphatic carbocycles. The summed E-state index contributed by atoms with van der Waals surface area (Å²) >= 11 is 0. The number of furan rings is 1. The van der Waals surface area contributed by atoms with Gasteiger partial charge in [-0.05, 0) is 19.1 Å². The van der Waals surface area contributed by atoms with Gasteiger partial charge in [0, 0.05) is 18.5 Å². The van der Waals surface area contributed by atoms with Crippen molar-refractivity contribution in [1.82, 2.24) is 9.97 Å². The molecule has 2 aromatic heterocycles. The molecule has 5 heteroatoms. The second-order valence-corrected chi connectivity index (χ2v) is 3.55. The Balaban J connectivity index is 1.94. The molecule has 2 rings (SSSR count). The molecule has 2 aromatic rings. The van der Waals surface area contributed by atoms with Crippen LogP contribution in [0.15, 0.2) is 35.2 Å². The molecule has 0 spiro atoms. The average molecular weight is 221 g/mol. The zero-order chi connectivity index (χ0) is 11.4. The van der Waals surface area contributed by atoms with Crippen LogP contribution in [0, 0.1) is 5.95 Å². The molecule has 0 radical (unpaired) electrons. The van der Waals surface area contributed by atoms with E-state index < -0.39 is 5.95 Å². The average Bonchev–Trinajstić information content (AvgIpc) is 2.70. The van der Waals surface area contributed by atoms with E-state index in [1.54, 1.807) is 6.26 Å². The maximum atomic E-state index is 12.8. The van der Waals surface area contributed by atoms with Crippen LogP contribution < -0.4 is 5.32 Å². The van der Waals surface area contributed by atoms with Crippen LogP contribution in [0.3, 0.4) is 0 Å². The number of halogens is 1. The smallest absolute Gasteiger partial charge is 0.217 e. The molecule has 0 aliphatic heterocycles. The molecular formula is C11H12FN3O. The molecule has 84 valence electrons. The van der Waals surface area contributed by atoms with Gasteiger partial charge in [0.2, 0.25) is 5.95 Å². The van der Waals surface area contributed by atoms with E-state index in [9.17, 15) is 4.39 Å². The van der Waals surface area contributed by atoms with Crippen molar-refractivity contribution < 1.29 is 8.81 Å². The first-order valence-electron chi connectivity index (χ1n) is 5.00. The number of hydrogen-bond donors (Lipinski definition) is 1. The molecule has 16 heavy (non-hydrogen) atoms. The predicted molar refractivity (Wildman–Crippen MR) is 57.5 cm³/mol. The van der Waals surface area contributed by atoms with Crippen LogP contribution in [0.25, 0.3) is 0 Å². The zero-order valence-corrected chi connectivity index (χ0v) is 8.85. The third-order valence-electron chi connectivity index (χ3n) is 2.12. The van der Waals surface area contributed by atoms with E-state index in [0.717, 1.165) is 12.2 Å². The first-order valence-corrected chi connectivity index (χ1v) is 5.00. The third-order valence-corrected chi connectivity index (χ3v) is 2.12. The molecular weight excluding hydrogens is 209 g/mol. The van der Waals surface area contributed by atoms with E-state index in [1.165, 1.54) is 12.4 Å². The van der Waals surface area contributed by atoms with Gasteiger partial charge in [0.1, 0.15) is 17.9 Å². The molecule has 0 amide bonds. The minimum atomic E-state index is -0.539. The van der Waals surface area contributed by atoms with Crippen LogP contribution in [-0.4, -0.2) is 16.0 Å². The van der Waals surface area contributed by atoms with Crippen LogP contribution in [-0.2, 0) is 6.42 Å². The second kappa shape index (κ2) is 4.74. The Bertz CT molecular complexity index is 444. The number of nitrogens with zero attached hydrogens (tertiary/aromatic N) is 2. The Hall–Kier alpha value is -1.91. The fourth-order valence-electron chi connectivity index (χ4n) is 1.45. The van der Waals surface area contributed by atoms with Gasteiger partial charge in [-0.25, -0.2) is 9.97 Å². The quantitative estimate of drug-likeness (QED) is 0.804. The highest BCUT2D eigenvalue weighted by molar-refractivity contribution is 5.33. The number of anilines is 1. The van der Waals surface area contributed by atoms with Crippen molar-refractivity contribution in [2.24, 2.45) is 0 Å². The fraction of sp³-hybridized carbons (Fsp3) is 0.273. The molecule has 0 fully saturated rings. The minimum Gasteiger partial charge on any atom is -0.469 e. The summed E-state index contributed by atoms with van der Waals surface area (Å²) in [7, 11) is 0. The fourth-order valence-corrected chi connectivity index (χ4v) is 1.45. The number of aromatic nitrogens is 2. The molecule has 0 aliphatic rings. The molecule has 1 N–H and O–H groups in total. The molecule has 1 unspecified atom stereocenters. The summed E-state index contributed by atoms with van der Waals surface area (Å²) in [6.45, 7) is 1.97. The first kappa shape index (κ1) is 10.6. The summed E-state index contributed by atoms with van der Waals surface area (Å²) in [4.78, 5) is 7.30. The lowest BCUT2D eigenvalue weighted by Gasteiger charge is -2.12. The molecule has 0 saturated carbocycles. The van der Waals surface area contributed by atoms with Crippen LogP contribution in [0.4, 0.5) is 10.2 Å². The molecule has 0 saturated heterocycles. The van der Waals surface area contributed by atoms with Gasteiger partial charge in [-0.3, -0.25) is 0 Å². The molecule has 2 heterocycles. The van der Waals surface area contributed by atoms with Crippen molar-refractivity contribution in [3.8, 4) is 0 Å². The summed E-state index contributed by atoms with van der Waals surface area (Å²) in [5.41, 5.74) is 0. The molecule has 1 atom stereocenters. The van der Waals surface area contributed by atoms with Gasteiger partial charge in [0.25, 0.3) is 0 Å². The van der Waals surface area contributed by atoms with Gasteiger partial charge in [0.05, 0.1) is 6.26 Å². The van der Waals surface area contributed by atoms with Crippen molar-refractivity contribution in [2.75, 3.05) is 5.32 Å². The molecule has 4 nitrogen and oxygen atoms in total. The number of rotatable bonds is 4. The van der Waals surface area contributed by atoms with Gasteiger partial charge in [-0.1, -0.05) is 0 Å². The Morgan fingerprint density at radius 3 is 3.06 bits per heavy atom. The standard InChI is InChI=1S/C11H12FN3O/c1-8(5-9-3-2-4-16-9)15-11-6-10(12)13-7-14-11/h2-4,6-8H,5H2,1H3,(H,13,14,15). The summed E-state index contributed by atoms with van der Waals surface area (Å²) in [6, 6.07) is 5.12. The van der Waals surface area contributed by atoms with E-state index in [-0.39, 0.29) is 6.04 Å². The van der Waals surface area contributed by atoms with Crippen molar-refractivity contribution >= 4 is 5.82 Å². The minimum absolute atomic E-state index is 0.112. The number of hydrogen-bond acceptors (Lipinski definition) is 4. The van der Waals surface area contributed by atoms with Gasteiger partial charge in [0.15, 0.2) is 0 Å². The van der Waals surface area contributed by atoms with Gasteiger partial charge in [-0.15, -0.1) is 0 Å². The maximum Gasteiger partial charge on any atom is 0.217 e. The van der Waals surface area contributed by atoms with Crippen LogP contribution in [0.2, 0.25) is 0 Å². The van der Waals surface area contributed by atoms with Crippen LogP contribution >= 0.6 is 0 Å². The summed E-state index contributed by atoms with van der Waals surface area (Å²) in [5.74, 6) is 0.823. The van der Waals surface area contributed by atoms with Gasteiger partial charge >= 0.3 is 0 Å². The van der Waals surface area contributed by atoms with Crippen molar-refractivity contribution in [3.63, 3.8) is 0 Å². The molecule has 0 aromatic carbocycles. The second-order valence-electron chi connectivity index (χ2n) is 3.55. The van der Waals surface area contributed by atoms with E-state index in [1.807, 2.05) is 19.1 Å². The van der Waals surface area contributed by atoms with Crippen molar-refractivity contribution in [1.29, 1.82) is 0 Å².